The Morgan fingerprint density at radius 2 is 0.862 bits per heavy atom. The van der Waals surface area contributed by atoms with Crippen LogP contribution in [-0.2, 0) is 12.4 Å². The molecule has 0 saturated heterocycles. The van der Waals surface area contributed by atoms with Crippen molar-refractivity contribution < 1.29 is 26.3 Å². The Labute approximate surface area is 369 Å². The van der Waals surface area contributed by atoms with Crippen molar-refractivity contribution in [3.8, 4) is 56.9 Å². The summed E-state index contributed by atoms with van der Waals surface area (Å²) in [5, 5.41) is 24.8. The van der Waals surface area contributed by atoms with E-state index in [-0.39, 0.29) is 5.56 Å². The molecule has 316 valence electrons. The van der Waals surface area contributed by atoms with Crippen LogP contribution in [0, 0.1) is 43.4 Å². The van der Waals surface area contributed by atoms with E-state index in [1.807, 2.05) is 107 Å². The summed E-state index contributed by atoms with van der Waals surface area (Å²) >= 11 is 0. The smallest absolute Gasteiger partial charge is 0.309 e. The molecular weight excluding hydrogens is 831 g/mol. The van der Waals surface area contributed by atoms with E-state index in [9.17, 15) is 36.9 Å². The van der Waals surface area contributed by atoms with Gasteiger partial charge in [0.15, 0.2) is 0 Å². The van der Waals surface area contributed by atoms with Crippen LogP contribution >= 0.6 is 0 Å². The zero-order valence-corrected chi connectivity index (χ0v) is 35.0. The van der Waals surface area contributed by atoms with Crippen molar-refractivity contribution in [3.63, 3.8) is 0 Å². The number of nitrogens with zero attached hydrogens (tertiary/aromatic N) is 4. The summed E-state index contributed by atoms with van der Waals surface area (Å²) in [6.45, 7) is 5.15. The molecule has 0 aliphatic heterocycles. The molecule has 0 spiro atoms. The number of alkyl halides is 6. The minimum atomic E-state index is -4.55. The summed E-state index contributed by atoms with van der Waals surface area (Å²) in [4.78, 5) is 0. The summed E-state index contributed by atoms with van der Waals surface area (Å²) < 4.78 is 88.4. The summed E-state index contributed by atoms with van der Waals surface area (Å²) in [6.07, 6.45) is -9.09. The Hall–Kier alpha value is -8.08. The highest BCUT2D eigenvalue weighted by Gasteiger charge is 2.32. The first-order valence-electron chi connectivity index (χ1n) is 20.7. The van der Waals surface area contributed by atoms with E-state index >= 15 is 0 Å². The quantitative estimate of drug-likeness (QED) is 0.162. The molecule has 0 aliphatic rings. The van der Waals surface area contributed by atoms with Crippen molar-refractivity contribution in [1.29, 1.82) is 10.5 Å². The number of rotatable bonds is 5. The lowest BCUT2D eigenvalue weighted by Crippen LogP contribution is -2.05. The highest BCUT2D eigenvalue weighted by molar-refractivity contribution is 6.12. The number of fused-ring (bicyclic) bond motifs is 6. The minimum absolute atomic E-state index is 0.274. The number of benzene rings is 8. The molecule has 8 aromatic carbocycles. The summed E-state index contributed by atoms with van der Waals surface area (Å²) in [6, 6.07) is 48.5. The fraction of sp³-hybridized carbons (Fsp3) is 0.0909. The van der Waals surface area contributed by atoms with E-state index in [0.717, 1.165) is 62.4 Å². The third-order valence-electron chi connectivity index (χ3n) is 12.1. The summed E-state index contributed by atoms with van der Waals surface area (Å²) in [5.41, 5.74) is 8.13. The zero-order valence-electron chi connectivity index (χ0n) is 35.0. The van der Waals surface area contributed by atoms with Gasteiger partial charge >= 0.3 is 12.4 Å². The van der Waals surface area contributed by atoms with Gasteiger partial charge in [0.05, 0.1) is 61.8 Å². The van der Waals surface area contributed by atoms with Crippen LogP contribution in [0.3, 0.4) is 0 Å². The van der Waals surface area contributed by atoms with Gasteiger partial charge in [0.2, 0.25) is 0 Å². The average Bonchev–Trinajstić information content (AvgIpc) is 3.79. The molecule has 10 heteroatoms. The van der Waals surface area contributed by atoms with Crippen LogP contribution < -0.4 is 0 Å². The predicted octanol–water partition coefficient (Wildman–Crippen LogP) is 15.6. The lowest BCUT2D eigenvalue weighted by molar-refractivity contribution is -0.138. The van der Waals surface area contributed by atoms with Gasteiger partial charge in [0.25, 0.3) is 0 Å². The molecule has 0 fully saturated rings. The predicted molar refractivity (Wildman–Crippen MR) is 245 cm³/mol. The van der Waals surface area contributed by atoms with Crippen LogP contribution in [0.4, 0.5) is 26.3 Å². The fourth-order valence-electron chi connectivity index (χ4n) is 9.32. The first kappa shape index (κ1) is 41.0. The lowest BCUT2D eigenvalue weighted by Gasteiger charge is -2.19. The highest BCUT2D eigenvalue weighted by atomic mass is 19.4. The van der Waals surface area contributed by atoms with Gasteiger partial charge < -0.3 is 9.13 Å². The molecule has 0 radical (unpaired) electrons. The SMILES string of the molecule is Cc1cc(C#N)cc(-c2cc(-n3c4ccccc4c4ccc(-c5cc(C)cc(C(F)(F)F)c5)cc43)c(C#N)cc2-n2c3ccccc3c3ccc(-c4cc(C)cc(C(F)(F)F)c4)cc32)c1. The van der Waals surface area contributed by atoms with Crippen LogP contribution in [0.2, 0.25) is 0 Å². The number of hydrogen-bond acceptors (Lipinski definition) is 2. The second kappa shape index (κ2) is 15.0. The molecule has 2 aromatic heterocycles. The largest absolute Gasteiger partial charge is 0.416 e. The van der Waals surface area contributed by atoms with E-state index in [2.05, 4.69) is 12.1 Å². The topological polar surface area (TPSA) is 57.4 Å². The van der Waals surface area contributed by atoms with Crippen LogP contribution in [0.1, 0.15) is 38.9 Å². The minimum Gasteiger partial charge on any atom is -0.309 e. The normalized spacial score (nSPS) is 12.0. The Bertz CT molecular complexity index is 3700. The Balaban J connectivity index is 1.29. The Kier molecular flexibility index (Phi) is 9.47. The van der Waals surface area contributed by atoms with Gasteiger partial charge in [-0.2, -0.15) is 36.9 Å². The second-order valence-electron chi connectivity index (χ2n) is 16.5. The summed E-state index contributed by atoms with van der Waals surface area (Å²) in [7, 11) is 0. The molecule has 0 bridgehead atoms. The monoisotopic (exact) mass is 864 g/mol. The van der Waals surface area contributed by atoms with E-state index < -0.39 is 23.5 Å². The molecule has 0 unspecified atom stereocenters. The van der Waals surface area contributed by atoms with Crippen molar-refractivity contribution in [2.24, 2.45) is 0 Å². The number of aryl methyl sites for hydroxylation is 3. The van der Waals surface area contributed by atoms with Crippen molar-refractivity contribution in [2.45, 2.75) is 33.1 Å². The van der Waals surface area contributed by atoms with Gasteiger partial charge in [-0.15, -0.1) is 0 Å². The number of aromatic nitrogens is 2. The molecule has 2 heterocycles. The van der Waals surface area contributed by atoms with Gasteiger partial charge in [-0.05, 0) is 138 Å². The van der Waals surface area contributed by atoms with Crippen LogP contribution in [-0.4, -0.2) is 9.13 Å². The van der Waals surface area contributed by atoms with Crippen LogP contribution in [0.25, 0.3) is 88.4 Å². The van der Waals surface area contributed by atoms with Gasteiger partial charge in [0, 0.05) is 27.1 Å². The molecule has 0 atom stereocenters. The maximum Gasteiger partial charge on any atom is 0.416 e. The number of hydrogen-bond donors (Lipinski definition) is 0. The molecule has 10 rings (SSSR count). The molecule has 0 amide bonds. The fourth-order valence-corrected chi connectivity index (χ4v) is 9.32. The van der Waals surface area contributed by atoms with E-state index in [1.165, 1.54) is 0 Å². The van der Waals surface area contributed by atoms with Crippen LogP contribution in [0.5, 0.6) is 0 Å². The van der Waals surface area contributed by atoms with Crippen LogP contribution in [0.15, 0.2) is 152 Å². The van der Waals surface area contributed by atoms with Gasteiger partial charge in [0.1, 0.15) is 6.07 Å². The molecule has 65 heavy (non-hydrogen) atoms. The van der Waals surface area contributed by atoms with Gasteiger partial charge in [-0.25, -0.2) is 0 Å². The van der Waals surface area contributed by atoms with Crippen molar-refractivity contribution in [1.82, 2.24) is 9.13 Å². The molecule has 0 aliphatic carbocycles. The third kappa shape index (κ3) is 7.04. The number of nitriles is 2. The zero-order chi connectivity index (χ0) is 45.5. The Morgan fingerprint density at radius 3 is 1.35 bits per heavy atom. The van der Waals surface area contributed by atoms with Crippen molar-refractivity contribution in [3.05, 3.63) is 191 Å². The Morgan fingerprint density at radius 1 is 0.400 bits per heavy atom. The number of para-hydroxylation sites is 2. The van der Waals surface area contributed by atoms with E-state index in [0.29, 0.717) is 72.5 Å². The molecule has 0 N–H and O–H groups in total. The molecule has 4 nitrogen and oxygen atoms in total. The van der Waals surface area contributed by atoms with E-state index in [1.54, 1.807) is 50.2 Å². The molecule has 10 aromatic rings. The first-order chi connectivity index (χ1) is 31.1. The first-order valence-corrected chi connectivity index (χ1v) is 20.7. The maximum absolute atomic E-state index is 14.1. The highest BCUT2D eigenvalue weighted by Crippen LogP contribution is 2.44. The number of halogens is 6. The van der Waals surface area contributed by atoms with E-state index in [4.69, 9.17) is 0 Å². The maximum atomic E-state index is 14.1. The average molecular weight is 865 g/mol. The third-order valence-corrected chi connectivity index (χ3v) is 12.1. The van der Waals surface area contributed by atoms with Gasteiger partial charge in [-0.3, -0.25) is 0 Å². The molecule has 0 saturated carbocycles. The standard InChI is InChI=1S/C55H34F6N4/c1-31-16-34(29-62)22-39(19-31)47-28-50(64-48-10-6-4-8-43(48)45-14-12-35(25-51(45)64)37-17-32(2)20-41(23-37)54(56,57)58)40(30-63)27-53(47)65-49-11-7-5-9-44(49)46-15-13-36(26-52(46)65)38-18-33(3)21-42(24-38)55(59,60)61/h4-28H,1-3H3. The van der Waals surface area contributed by atoms with Crippen molar-refractivity contribution in [2.75, 3.05) is 0 Å². The second-order valence-corrected chi connectivity index (χ2v) is 16.5. The molecular formula is C55H34F6N4. The van der Waals surface area contributed by atoms with Crippen molar-refractivity contribution >= 4 is 43.6 Å². The lowest BCUT2D eigenvalue weighted by atomic mass is 9.96. The summed E-state index contributed by atoms with van der Waals surface area (Å²) in [5.74, 6) is 0. The van der Waals surface area contributed by atoms with Gasteiger partial charge in [-0.1, -0.05) is 78.9 Å².